The van der Waals surface area contributed by atoms with Crippen molar-refractivity contribution in [3.8, 4) is 28.3 Å². The number of benzene rings is 8. The number of nitrogens with zero attached hydrogens (tertiary/aromatic N) is 11. The molecule has 0 spiro atoms. The van der Waals surface area contributed by atoms with Gasteiger partial charge in [0.05, 0.1) is 53.6 Å². The number of anilines is 1. The second kappa shape index (κ2) is 24.0. The van der Waals surface area contributed by atoms with Crippen molar-refractivity contribution in [2.75, 3.05) is 11.9 Å². The van der Waals surface area contributed by atoms with Crippen LogP contribution in [0.3, 0.4) is 0 Å². The molecule has 488 valence electrons. The Bertz CT molecular complexity index is 6670. The fraction of sp³-hybridized carbons (Fsp3) is 0.141. The van der Waals surface area contributed by atoms with E-state index in [1.807, 2.05) is 158 Å². The van der Waals surface area contributed by atoms with Crippen LogP contribution >= 0.6 is 0 Å². The van der Waals surface area contributed by atoms with Gasteiger partial charge in [0.2, 0.25) is 28.5 Å². The topological polar surface area (TPSA) is 132 Å². The first-order valence-corrected chi connectivity index (χ1v) is 33.4. The second-order valence-electron chi connectivity index (χ2n) is 26.2. The van der Waals surface area contributed by atoms with Crippen LogP contribution in [0.4, 0.5) is 5.69 Å². The van der Waals surface area contributed by atoms with E-state index < -0.39 is 6.85 Å². The molecule has 0 radical (unpaired) electrons. The zero-order valence-corrected chi connectivity index (χ0v) is 57.1. The maximum absolute atomic E-state index is 8.11. The van der Waals surface area contributed by atoms with Crippen LogP contribution in [0.1, 0.15) is 38.9 Å². The lowest BCUT2D eigenvalue weighted by atomic mass is 9.97. The lowest BCUT2D eigenvalue weighted by Gasteiger charge is -2.28. The van der Waals surface area contributed by atoms with Gasteiger partial charge in [-0.1, -0.05) is 109 Å². The average molecular weight is 1310 g/mol. The Morgan fingerprint density at radius 2 is 0.890 bits per heavy atom. The molecule has 11 aromatic heterocycles. The summed E-state index contributed by atoms with van der Waals surface area (Å²) in [5.74, 6) is 1.12. The molecule has 12 heterocycles. The molecule has 8 aromatic carbocycles. The number of fused-ring (bicyclic) bond motifs is 16. The number of hydrogen-bond donors (Lipinski definition) is 0. The molecule has 0 bridgehead atoms. The summed E-state index contributed by atoms with van der Waals surface area (Å²) in [6.45, 7) is 8.21. The van der Waals surface area contributed by atoms with Crippen LogP contribution in [0.5, 0.6) is 0 Å². The zero-order valence-electron chi connectivity index (χ0n) is 60.1. The molecule has 0 saturated carbocycles. The Morgan fingerprint density at radius 3 is 1.39 bits per heavy atom. The van der Waals surface area contributed by atoms with E-state index >= 15 is 0 Å². The minimum atomic E-state index is -2.26. The standard InChI is InChI=1S/C23H19N2O.C21H18N3O.C21H19N3O.C20H16N3O/c1-14-12-15(2)21(19-10-6-7-11-25(19)3)22-20(14)17-13-16-8-4-5-9-18(16)24-23(17)26-22;1-13-8-9-15-16-12-14-6-4-5-7-17(14)22-20(16)25-19(15)18(13)21-23(2)10-11-24(21)3;1-13-8-9-16-17-12-15-6-4-5-7-18(15)22-21(17)25-20(16)19(13)24-11-10-23(3)14(24)2;1-13-8-9-15-16-12-14-6-3-4-7-17(14)21-20(16)24-19(15)18(13)23-11-5-10-22(23)2/h4-13H,1-3H3;4-12H,1-3H3;4-12,14H,1-3H3;3-12H,1-2H3/q2*+1;;+1/t;;14-;/m..0./s1/i1D3;;;. The van der Waals surface area contributed by atoms with Gasteiger partial charge in [-0.15, -0.1) is 9.36 Å². The summed E-state index contributed by atoms with van der Waals surface area (Å²) in [6.07, 6.45) is 14.6. The fourth-order valence-corrected chi connectivity index (χ4v) is 14.4. The van der Waals surface area contributed by atoms with E-state index in [9.17, 15) is 0 Å². The molecule has 0 amide bonds. The minimum absolute atomic E-state index is 0.254. The number of furan rings is 4. The van der Waals surface area contributed by atoms with Gasteiger partial charge in [-0.2, -0.15) is 0 Å². The molecule has 1 aliphatic rings. The molecule has 15 heteroatoms. The van der Waals surface area contributed by atoms with Crippen molar-refractivity contribution < 1.29 is 35.6 Å². The largest absolute Gasteiger partial charge is 0.437 e. The van der Waals surface area contributed by atoms with Crippen molar-refractivity contribution in [3.05, 3.63) is 259 Å². The zero-order chi connectivity index (χ0) is 70.9. The van der Waals surface area contributed by atoms with Gasteiger partial charge in [0.25, 0.3) is 5.82 Å². The van der Waals surface area contributed by atoms with Gasteiger partial charge >= 0.3 is 0 Å². The predicted octanol–water partition coefficient (Wildman–Crippen LogP) is 18.6. The maximum atomic E-state index is 8.11. The molecule has 1 atom stereocenters. The van der Waals surface area contributed by atoms with Gasteiger partial charge in [0.15, 0.2) is 47.5 Å². The van der Waals surface area contributed by atoms with Gasteiger partial charge < -0.3 is 27.5 Å². The quantitative estimate of drug-likeness (QED) is 0.157. The lowest BCUT2D eigenvalue weighted by molar-refractivity contribution is -0.744. The number of hydrogen-bond acceptors (Lipinski definition) is 10. The van der Waals surface area contributed by atoms with Crippen LogP contribution in [0.15, 0.2) is 249 Å². The number of rotatable bonds is 4. The molecule has 20 rings (SSSR count). The summed E-state index contributed by atoms with van der Waals surface area (Å²) >= 11 is 0. The third kappa shape index (κ3) is 10.1. The highest BCUT2D eigenvalue weighted by Crippen LogP contribution is 2.43. The van der Waals surface area contributed by atoms with Gasteiger partial charge in [0.1, 0.15) is 31.2 Å². The SMILES string of the molecule is Cc1ccc2c(oc3nc4ccccc4cc32)c1-c1n(C)cc[n+]1C.Cc1ccc2c(oc3nc4ccccc4cc32)c1-n1ccc[n+]1C.Cc1ccc2c(oc3nc4ccccc4cc32)c1N1C=CN(C)[C@@H]1C.[2H]C([2H])([2H])c1cc(C)c(-c2cccc[n+]2C)c2oc3nc4ccccc4cc3c12. The molecular weight excluding hydrogens is 1240 g/mol. The smallest absolute Gasteiger partial charge is 0.292 e. The Kier molecular flexibility index (Phi) is 13.8. The highest BCUT2D eigenvalue weighted by molar-refractivity contribution is 6.15. The van der Waals surface area contributed by atoms with E-state index in [4.69, 9.17) is 36.7 Å². The molecule has 15 nitrogen and oxygen atoms in total. The van der Waals surface area contributed by atoms with Gasteiger partial charge in [-0.3, -0.25) is 0 Å². The predicted molar refractivity (Wildman–Crippen MR) is 401 cm³/mol. The lowest BCUT2D eigenvalue weighted by Crippen LogP contribution is -2.37. The van der Waals surface area contributed by atoms with E-state index in [0.29, 0.717) is 39.4 Å². The molecule has 1 aliphatic heterocycles. The van der Waals surface area contributed by atoms with Crippen LogP contribution in [-0.2, 0) is 28.2 Å². The van der Waals surface area contributed by atoms with Crippen molar-refractivity contribution in [1.29, 1.82) is 0 Å². The molecule has 0 saturated heterocycles. The van der Waals surface area contributed by atoms with Gasteiger partial charge in [-0.05, 0) is 130 Å². The minimum Gasteiger partial charge on any atom is -0.437 e. The number of pyridine rings is 5. The van der Waals surface area contributed by atoms with Gasteiger partial charge in [0, 0.05) is 106 Å². The molecular formula is C85H72N11O4+3. The van der Waals surface area contributed by atoms with Gasteiger partial charge in [-0.25, -0.2) is 33.6 Å². The van der Waals surface area contributed by atoms with E-state index in [-0.39, 0.29) is 6.17 Å². The normalized spacial score (nSPS) is 13.7. The van der Waals surface area contributed by atoms with Crippen LogP contribution in [-0.4, -0.2) is 47.3 Å². The van der Waals surface area contributed by atoms with E-state index in [2.05, 4.69) is 175 Å². The van der Waals surface area contributed by atoms with Crippen LogP contribution in [0.2, 0.25) is 0 Å². The third-order valence-electron chi connectivity index (χ3n) is 19.7. The number of aryl methyl sites for hydroxylation is 9. The summed E-state index contributed by atoms with van der Waals surface area (Å²) < 4.78 is 59.7. The molecule has 19 aromatic rings. The number of aromatic nitrogens is 9. The molecule has 0 fully saturated rings. The maximum Gasteiger partial charge on any atom is 0.292 e. The first kappa shape index (κ1) is 57.7. The Hall–Kier alpha value is -12.5. The van der Waals surface area contributed by atoms with Crippen LogP contribution < -0.4 is 18.7 Å². The number of imidazole rings is 1. The van der Waals surface area contributed by atoms with Crippen molar-refractivity contribution in [1.82, 2.24) is 34.1 Å². The summed E-state index contributed by atoms with van der Waals surface area (Å²) in [5.41, 5.74) is 19.3. The molecule has 0 aliphatic carbocycles. The van der Waals surface area contributed by atoms with E-state index in [1.54, 1.807) is 6.07 Å². The van der Waals surface area contributed by atoms with Crippen LogP contribution in [0, 0.1) is 34.5 Å². The van der Waals surface area contributed by atoms with E-state index in [0.717, 1.165) is 143 Å². The highest BCUT2D eigenvalue weighted by atomic mass is 16.4. The monoisotopic (exact) mass is 1310 g/mol. The third-order valence-corrected chi connectivity index (χ3v) is 19.7. The Morgan fingerprint density at radius 1 is 0.410 bits per heavy atom. The molecule has 0 N–H and O–H groups in total. The van der Waals surface area contributed by atoms with Crippen molar-refractivity contribution in [3.63, 3.8) is 0 Å². The molecule has 100 heavy (non-hydrogen) atoms. The van der Waals surface area contributed by atoms with Crippen molar-refractivity contribution in [2.24, 2.45) is 28.2 Å². The van der Waals surface area contributed by atoms with Crippen molar-refractivity contribution in [2.45, 2.75) is 47.6 Å². The second-order valence-corrected chi connectivity index (χ2v) is 26.2. The van der Waals surface area contributed by atoms with Crippen molar-refractivity contribution >= 4 is 138 Å². The number of para-hydroxylation sites is 4. The van der Waals surface area contributed by atoms with Crippen LogP contribution in [0.25, 0.3) is 160 Å². The first-order valence-electron chi connectivity index (χ1n) is 34.9. The summed E-state index contributed by atoms with van der Waals surface area (Å²) in [4.78, 5) is 23.3. The Labute approximate surface area is 579 Å². The van der Waals surface area contributed by atoms with E-state index in [1.165, 1.54) is 11.1 Å². The first-order chi connectivity index (χ1) is 49.8. The summed E-state index contributed by atoms with van der Waals surface area (Å²) in [7, 11) is 10.2. The average Bonchev–Trinajstić information content (AvgIpc) is 1.61. The fourth-order valence-electron chi connectivity index (χ4n) is 14.4. The Balaban J connectivity index is 0.000000102. The highest BCUT2D eigenvalue weighted by Gasteiger charge is 2.29. The molecule has 0 unspecified atom stereocenters. The summed E-state index contributed by atoms with van der Waals surface area (Å²) in [5, 5.41) is 12.2. The summed E-state index contributed by atoms with van der Waals surface area (Å²) in [6, 6.07) is 63.3.